The lowest BCUT2D eigenvalue weighted by Crippen LogP contribution is -2.39. The first-order chi connectivity index (χ1) is 9.16. The zero-order chi connectivity index (χ0) is 13.3. The number of aromatic nitrogens is 2. The smallest absolute Gasteiger partial charge is 0.147 e. The van der Waals surface area contributed by atoms with Gasteiger partial charge >= 0.3 is 0 Å². The largest absolute Gasteiger partial charge is 0.388 e. The molecule has 1 aliphatic rings. The van der Waals surface area contributed by atoms with Crippen LogP contribution in [0.5, 0.6) is 0 Å². The van der Waals surface area contributed by atoms with Crippen LogP contribution in [0.25, 0.3) is 11.0 Å². The third-order valence-corrected chi connectivity index (χ3v) is 3.89. The maximum absolute atomic E-state index is 10.4. The van der Waals surface area contributed by atoms with Gasteiger partial charge in [0.15, 0.2) is 0 Å². The monoisotopic (exact) mass is 257 g/mol. The van der Waals surface area contributed by atoms with Crippen LogP contribution in [0.1, 0.15) is 25.7 Å². The van der Waals surface area contributed by atoms with E-state index in [1.807, 2.05) is 36.2 Å². The first kappa shape index (κ1) is 12.4. The second kappa shape index (κ2) is 4.78. The van der Waals surface area contributed by atoms with Crippen molar-refractivity contribution in [3.63, 3.8) is 0 Å². The number of hydrogen-bond acceptors (Lipinski definition) is 4. The van der Waals surface area contributed by atoms with Crippen LogP contribution in [0.3, 0.4) is 0 Å². The molecule has 0 spiro atoms. The molecule has 0 atom stereocenters. The van der Waals surface area contributed by atoms with Gasteiger partial charge in [-0.2, -0.15) is 0 Å². The molecule has 1 heterocycles. The number of nitrogens with zero attached hydrogens (tertiary/aromatic N) is 3. The Morgan fingerprint density at radius 2 is 1.89 bits per heavy atom. The summed E-state index contributed by atoms with van der Waals surface area (Å²) in [5, 5.41) is 10.4. The average molecular weight is 257 g/mol. The van der Waals surface area contributed by atoms with E-state index in [0.717, 1.165) is 42.5 Å². The molecule has 0 bridgehead atoms. The summed E-state index contributed by atoms with van der Waals surface area (Å²) in [5.74, 6) is 0.819. The minimum absolute atomic E-state index is 0.553. The topological polar surface area (TPSA) is 49.2 Å². The Kier molecular flexibility index (Phi) is 3.11. The van der Waals surface area contributed by atoms with Gasteiger partial charge < -0.3 is 10.0 Å². The maximum Gasteiger partial charge on any atom is 0.147 e. The van der Waals surface area contributed by atoms with Crippen LogP contribution < -0.4 is 4.90 Å². The molecule has 1 fully saturated rings. The van der Waals surface area contributed by atoms with Crippen LogP contribution in [0.4, 0.5) is 5.82 Å². The van der Waals surface area contributed by atoms with Gasteiger partial charge in [-0.15, -0.1) is 0 Å². The van der Waals surface area contributed by atoms with E-state index in [1.54, 1.807) is 6.20 Å². The van der Waals surface area contributed by atoms with Crippen molar-refractivity contribution in [1.29, 1.82) is 0 Å². The third kappa shape index (κ3) is 2.54. The van der Waals surface area contributed by atoms with E-state index in [4.69, 9.17) is 0 Å². The van der Waals surface area contributed by atoms with Gasteiger partial charge in [0.2, 0.25) is 0 Å². The van der Waals surface area contributed by atoms with Gasteiger partial charge in [-0.25, -0.2) is 4.98 Å². The number of fused-ring (bicyclic) bond motifs is 1. The number of aliphatic hydroxyl groups is 1. The van der Waals surface area contributed by atoms with Crippen molar-refractivity contribution in [1.82, 2.24) is 9.97 Å². The molecular weight excluding hydrogens is 238 g/mol. The normalized spacial score (nSPS) is 17.8. The number of para-hydroxylation sites is 2. The highest BCUT2D eigenvalue weighted by molar-refractivity contribution is 5.75. The lowest BCUT2D eigenvalue weighted by Gasteiger charge is -2.29. The summed E-state index contributed by atoms with van der Waals surface area (Å²) in [4.78, 5) is 11.0. The molecule has 1 aliphatic carbocycles. The van der Waals surface area contributed by atoms with Gasteiger partial charge in [0, 0.05) is 13.6 Å². The van der Waals surface area contributed by atoms with Crippen molar-refractivity contribution < 1.29 is 5.11 Å². The Hall–Kier alpha value is -1.68. The molecule has 2 aromatic rings. The molecule has 3 rings (SSSR count). The average Bonchev–Trinajstić information content (AvgIpc) is 2.84. The molecular formula is C15H19N3O. The van der Waals surface area contributed by atoms with Gasteiger partial charge in [-0.05, 0) is 25.0 Å². The fraction of sp³-hybridized carbons (Fsp3) is 0.467. The molecule has 4 heteroatoms. The van der Waals surface area contributed by atoms with Crippen LogP contribution in [0.15, 0.2) is 30.5 Å². The Morgan fingerprint density at radius 3 is 2.63 bits per heavy atom. The molecule has 0 unspecified atom stereocenters. The molecule has 0 aliphatic heterocycles. The van der Waals surface area contributed by atoms with E-state index >= 15 is 0 Å². The summed E-state index contributed by atoms with van der Waals surface area (Å²) in [6.45, 7) is 0.625. The predicted octanol–water partition coefficient (Wildman–Crippen LogP) is 2.37. The highest BCUT2D eigenvalue weighted by atomic mass is 16.3. The Balaban J connectivity index is 1.83. The third-order valence-electron chi connectivity index (χ3n) is 3.89. The summed E-state index contributed by atoms with van der Waals surface area (Å²) < 4.78 is 0. The van der Waals surface area contributed by atoms with E-state index in [9.17, 15) is 5.11 Å². The van der Waals surface area contributed by atoms with Gasteiger partial charge in [0.1, 0.15) is 5.82 Å². The molecule has 0 saturated heterocycles. The van der Waals surface area contributed by atoms with Crippen molar-refractivity contribution in [3.8, 4) is 0 Å². The minimum Gasteiger partial charge on any atom is -0.388 e. The lowest BCUT2D eigenvalue weighted by atomic mass is 10.0. The highest BCUT2D eigenvalue weighted by Crippen LogP contribution is 2.30. The summed E-state index contributed by atoms with van der Waals surface area (Å²) >= 11 is 0. The number of anilines is 1. The van der Waals surface area contributed by atoms with Crippen LogP contribution >= 0.6 is 0 Å². The molecule has 1 saturated carbocycles. The quantitative estimate of drug-likeness (QED) is 0.917. The van der Waals surface area contributed by atoms with Crippen molar-refractivity contribution >= 4 is 16.9 Å². The zero-order valence-electron chi connectivity index (χ0n) is 11.2. The van der Waals surface area contributed by atoms with E-state index in [1.165, 1.54) is 0 Å². The molecule has 1 aromatic heterocycles. The first-order valence-corrected chi connectivity index (χ1v) is 6.82. The lowest BCUT2D eigenvalue weighted by molar-refractivity contribution is 0.0558. The number of likely N-dealkylation sites (N-methyl/N-ethyl adjacent to an activating group) is 1. The summed E-state index contributed by atoms with van der Waals surface area (Å²) in [6.07, 6.45) is 5.79. The van der Waals surface area contributed by atoms with E-state index in [-0.39, 0.29) is 0 Å². The summed E-state index contributed by atoms with van der Waals surface area (Å²) in [5.41, 5.74) is 1.24. The fourth-order valence-electron chi connectivity index (χ4n) is 2.85. The first-order valence-electron chi connectivity index (χ1n) is 6.82. The molecule has 4 nitrogen and oxygen atoms in total. The van der Waals surface area contributed by atoms with Crippen molar-refractivity contribution in [2.45, 2.75) is 31.3 Å². The number of hydrogen-bond donors (Lipinski definition) is 1. The van der Waals surface area contributed by atoms with Crippen LogP contribution in [-0.2, 0) is 0 Å². The van der Waals surface area contributed by atoms with Gasteiger partial charge in [-0.3, -0.25) is 4.98 Å². The second-order valence-corrected chi connectivity index (χ2v) is 5.50. The van der Waals surface area contributed by atoms with Crippen molar-refractivity contribution in [3.05, 3.63) is 30.5 Å². The molecule has 0 amide bonds. The van der Waals surface area contributed by atoms with E-state index in [0.29, 0.717) is 6.54 Å². The van der Waals surface area contributed by atoms with Crippen molar-refractivity contribution in [2.75, 3.05) is 18.5 Å². The Morgan fingerprint density at radius 1 is 1.21 bits per heavy atom. The van der Waals surface area contributed by atoms with Gasteiger partial charge in [-0.1, -0.05) is 25.0 Å². The van der Waals surface area contributed by atoms with E-state index in [2.05, 4.69) is 9.97 Å². The minimum atomic E-state index is -0.553. The SMILES string of the molecule is CN(CC1(O)CCCC1)c1cnc2ccccc2n1. The summed E-state index contributed by atoms with van der Waals surface area (Å²) in [6, 6.07) is 7.84. The van der Waals surface area contributed by atoms with Gasteiger partial charge in [0.05, 0.1) is 22.8 Å². The Labute approximate surface area is 113 Å². The molecule has 1 N–H and O–H groups in total. The van der Waals surface area contributed by atoms with Crippen LogP contribution in [0, 0.1) is 0 Å². The fourth-order valence-corrected chi connectivity index (χ4v) is 2.85. The van der Waals surface area contributed by atoms with E-state index < -0.39 is 5.60 Å². The standard InChI is InChI=1S/C15H19N3O/c1-18(11-15(19)8-4-5-9-15)14-10-16-12-6-2-3-7-13(12)17-14/h2-3,6-7,10,19H,4-5,8-9,11H2,1H3. The zero-order valence-corrected chi connectivity index (χ0v) is 11.2. The highest BCUT2D eigenvalue weighted by Gasteiger charge is 2.32. The molecule has 100 valence electrons. The number of benzene rings is 1. The van der Waals surface area contributed by atoms with Crippen LogP contribution in [-0.4, -0.2) is 34.3 Å². The van der Waals surface area contributed by atoms with Gasteiger partial charge in [0.25, 0.3) is 0 Å². The maximum atomic E-state index is 10.4. The predicted molar refractivity (Wildman–Crippen MR) is 76.2 cm³/mol. The molecule has 1 aromatic carbocycles. The summed E-state index contributed by atoms with van der Waals surface area (Å²) in [7, 11) is 1.97. The van der Waals surface area contributed by atoms with Crippen LogP contribution in [0.2, 0.25) is 0 Å². The number of rotatable bonds is 3. The molecule has 0 radical (unpaired) electrons. The molecule has 19 heavy (non-hydrogen) atoms. The Bertz CT molecular complexity index is 578. The second-order valence-electron chi connectivity index (χ2n) is 5.50. The van der Waals surface area contributed by atoms with Crippen molar-refractivity contribution in [2.24, 2.45) is 0 Å².